The summed E-state index contributed by atoms with van der Waals surface area (Å²) in [6, 6.07) is 9.64. The van der Waals surface area contributed by atoms with E-state index in [1.165, 1.54) is 18.3 Å². The van der Waals surface area contributed by atoms with E-state index in [1.54, 1.807) is 30.3 Å². The summed E-state index contributed by atoms with van der Waals surface area (Å²) >= 11 is 5.95. The van der Waals surface area contributed by atoms with Crippen LogP contribution < -0.4 is 11.1 Å². The molecule has 8 nitrogen and oxygen atoms in total. The van der Waals surface area contributed by atoms with Gasteiger partial charge in [0.05, 0.1) is 6.20 Å². The molecule has 10 heteroatoms. The SMILES string of the molecule is NC(CC(Cc1ccc(-c2cc(Cl)ccc2F)cc1)NC(=O)c1cnn[nH]1)C(=O)O. The highest BCUT2D eigenvalue weighted by atomic mass is 35.5. The van der Waals surface area contributed by atoms with Crippen LogP contribution in [0.15, 0.2) is 48.7 Å². The van der Waals surface area contributed by atoms with E-state index in [1.807, 2.05) is 0 Å². The van der Waals surface area contributed by atoms with Gasteiger partial charge < -0.3 is 16.2 Å². The number of hydrogen-bond donors (Lipinski definition) is 4. The van der Waals surface area contributed by atoms with Crippen LogP contribution in [0.3, 0.4) is 0 Å². The average Bonchev–Trinajstić information content (AvgIpc) is 3.25. The Bertz CT molecular complexity index is 1030. The van der Waals surface area contributed by atoms with Gasteiger partial charge in [0.1, 0.15) is 17.6 Å². The number of aromatic nitrogens is 3. The number of hydrogen-bond acceptors (Lipinski definition) is 5. The van der Waals surface area contributed by atoms with Crippen LogP contribution in [0, 0.1) is 5.82 Å². The van der Waals surface area contributed by atoms with Gasteiger partial charge in [0.15, 0.2) is 0 Å². The van der Waals surface area contributed by atoms with Gasteiger partial charge in [-0.1, -0.05) is 41.1 Å². The first kappa shape index (κ1) is 21.4. The van der Waals surface area contributed by atoms with E-state index in [-0.39, 0.29) is 12.1 Å². The Morgan fingerprint density at radius 2 is 1.97 bits per heavy atom. The van der Waals surface area contributed by atoms with E-state index < -0.39 is 29.8 Å². The summed E-state index contributed by atoms with van der Waals surface area (Å²) in [5.41, 5.74) is 7.64. The van der Waals surface area contributed by atoms with Crippen molar-refractivity contribution in [2.75, 3.05) is 0 Å². The zero-order valence-electron chi connectivity index (χ0n) is 15.7. The second kappa shape index (κ2) is 9.47. The van der Waals surface area contributed by atoms with E-state index in [2.05, 4.69) is 20.7 Å². The fraction of sp³-hybridized carbons (Fsp3) is 0.200. The van der Waals surface area contributed by atoms with E-state index in [0.29, 0.717) is 22.6 Å². The van der Waals surface area contributed by atoms with Gasteiger partial charge in [-0.3, -0.25) is 14.7 Å². The van der Waals surface area contributed by atoms with Crippen molar-refractivity contribution in [3.8, 4) is 11.1 Å². The standard InChI is InChI=1S/C20H19ClFN5O3/c21-13-5-6-16(22)15(8-13)12-3-1-11(2-4-12)7-14(9-17(23)20(29)30)25-19(28)18-10-24-27-26-18/h1-6,8,10,14,17H,7,9,23H2,(H,25,28)(H,29,30)(H,24,26,27). The molecule has 2 aromatic carbocycles. The molecule has 2 unspecified atom stereocenters. The van der Waals surface area contributed by atoms with Gasteiger partial charge in [-0.25, -0.2) is 4.39 Å². The molecule has 0 saturated carbocycles. The molecule has 2 atom stereocenters. The van der Waals surface area contributed by atoms with Crippen LogP contribution >= 0.6 is 11.6 Å². The molecule has 30 heavy (non-hydrogen) atoms. The second-order valence-electron chi connectivity index (χ2n) is 6.75. The van der Waals surface area contributed by atoms with Gasteiger partial charge in [0.25, 0.3) is 5.91 Å². The molecule has 1 aromatic heterocycles. The van der Waals surface area contributed by atoms with Crippen molar-refractivity contribution in [1.29, 1.82) is 0 Å². The Hall–Kier alpha value is -3.30. The Balaban J connectivity index is 1.76. The molecule has 1 heterocycles. The Labute approximate surface area is 176 Å². The Morgan fingerprint density at radius 1 is 1.23 bits per heavy atom. The number of nitrogens with zero attached hydrogens (tertiary/aromatic N) is 2. The molecule has 0 spiro atoms. The Kier molecular flexibility index (Phi) is 6.76. The number of carbonyl (C=O) groups is 2. The van der Waals surface area contributed by atoms with E-state index in [9.17, 15) is 14.0 Å². The highest BCUT2D eigenvalue weighted by Crippen LogP contribution is 2.26. The van der Waals surface area contributed by atoms with Gasteiger partial charge >= 0.3 is 5.97 Å². The molecule has 156 valence electrons. The van der Waals surface area contributed by atoms with Crippen molar-refractivity contribution in [3.05, 3.63) is 70.8 Å². The molecule has 0 aliphatic carbocycles. The van der Waals surface area contributed by atoms with Crippen molar-refractivity contribution >= 4 is 23.5 Å². The van der Waals surface area contributed by atoms with Gasteiger partial charge in [-0.15, -0.1) is 5.10 Å². The fourth-order valence-electron chi connectivity index (χ4n) is 3.00. The van der Waals surface area contributed by atoms with Crippen LogP contribution in [-0.4, -0.2) is 44.5 Å². The number of aliphatic carboxylic acids is 1. The van der Waals surface area contributed by atoms with Crippen molar-refractivity contribution in [2.45, 2.75) is 24.9 Å². The van der Waals surface area contributed by atoms with Gasteiger partial charge in [-0.05, 0) is 42.2 Å². The number of carboxylic acid groups (broad SMARTS) is 1. The maximum absolute atomic E-state index is 14.1. The maximum Gasteiger partial charge on any atom is 0.320 e. The predicted octanol–water partition coefficient (Wildman–Crippen LogP) is 2.41. The number of H-pyrrole nitrogens is 1. The number of nitrogens with two attached hydrogens (primary N) is 1. The first-order valence-electron chi connectivity index (χ1n) is 9.03. The van der Waals surface area contributed by atoms with Gasteiger partial charge in [0.2, 0.25) is 0 Å². The van der Waals surface area contributed by atoms with Crippen LogP contribution in [0.1, 0.15) is 22.5 Å². The average molecular weight is 432 g/mol. The smallest absolute Gasteiger partial charge is 0.320 e. The van der Waals surface area contributed by atoms with Crippen molar-refractivity contribution in [1.82, 2.24) is 20.7 Å². The summed E-state index contributed by atoms with van der Waals surface area (Å²) in [6.07, 6.45) is 1.61. The van der Waals surface area contributed by atoms with E-state index >= 15 is 0 Å². The van der Waals surface area contributed by atoms with Crippen LogP contribution in [0.25, 0.3) is 11.1 Å². The number of amides is 1. The minimum absolute atomic E-state index is 0.0211. The lowest BCUT2D eigenvalue weighted by Gasteiger charge is -2.20. The number of aromatic amines is 1. The third-order valence-electron chi connectivity index (χ3n) is 4.53. The third kappa shape index (κ3) is 5.40. The minimum atomic E-state index is -1.16. The highest BCUT2D eigenvalue weighted by Gasteiger charge is 2.22. The first-order valence-corrected chi connectivity index (χ1v) is 9.41. The van der Waals surface area contributed by atoms with Crippen molar-refractivity contribution < 1.29 is 19.1 Å². The zero-order valence-corrected chi connectivity index (χ0v) is 16.4. The molecule has 0 saturated heterocycles. The molecule has 0 radical (unpaired) electrons. The van der Waals surface area contributed by atoms with Crippen molar-refractivity contribution in [3.63, 3.8) is 0 Å². The molecule has 5 N–H and O–H groups in total. The zero-order chi connectivity index (χ0) is 21.7. The molecule has 3 rings (SSSR count). The molecule has 3 aromatic rings. The summed E-state index contributed by atoms with van der Waals surface area (Å²) in [5, 5.41) is 21.8. The lowest BCUT2D eigenvalue weighted by atomic mass is 9.97. The van der Waals surface area contributed by atoms with E-state index in [0.717, 1.165) is 5.56 Å². The number of nitrogens with one attached hydrogen (secondary N) is 2. The second-order valence-corrected chi connectivity index (χ2v) is 7.18. The topological polar surface area (TPSA) is 134 Å². The molecule has 0 bridgehead atoms. The normalized spacial score (nSPS) is 12.9. The lowest BCUT2D eigenvalue weighted by Crippen LogP contribution is -2.43. The van der Waals surface area contributed by atoms with Gasteiger partial charge in [0, 0.05) is 16.6 Å². The lowest BCUT2D eigenvalue weighted by molar-refractivity contribution is -0.138. The van der Waals surface area contributed by atoms with Crippen LogP contribution in [0.4, 0.5) is 4.39 Å². The molecule has 0 aliphatic heterocycles. The Morgan fingerprint density at radius 3 is 2.60 bits per heavy atom. The van der Waals surface area contributed by atoms with E-state index in [4.69, 9.17) is 22.4 Å². The van der Waals surface area contributed by atoms with Crippen molar-refractivity contribution in [2.24, 2.45) is 5.73 Å². The largest absolute Gasteiger partial charge is 0.480 e. The fourth-order valence-corrected chi connectivity index (χ4v) is 3.17. The summed E-state index contributed by atoms with van der Waals surface area (Å²) < 4.78 is 14.1. The monoisotopic (exact) mass is 431 g/mol. The predicted molar refractivity (Wildman–Crippen MR) is 108 cm³/mol. The summed E-state index contributed by atoms with van der Waals surface area (Å²) in [6.45, 7) is 0. The highest BCUT2D eigenvalue weighted by molar-refractivity contribution is 6.30. The quantitative estimate of drug-likeness (QED) is 0.432. The maximum atomic E-state index is 14.1. The van der Waals surface area contributed by atoms with Gasteiger partial charge in [-0.2, -0.15) is 0 Å². The van der Waals surface area contributed by atoms with Crippen LogP contribution in [0.5, 0.6) is 0 Å². The molecule has 1 amide bonds. The van der Waals surface area contributed by atoms with Crippen LogP contribution in [0.2, 0.25) is 5.02 Å². The summed E-state index contributed by atoms with van der Waals surface area (Å²) in [4.78, 5) is 23.5. The first-order chi connectivity index (χ1) is 14.3. The third-order valence-corrected chi connectivity index (χ3v) is 4.76. The minimum Gasteiger partial charge on any atom is -0.480 e. The number of benzene rings is 2. The molecule has 0 aliphatic rings. The van der Waals surface area contributed by atoms with Crippen LogP contribution in [-0.2, 0) is 11.2 Å². The molecular weight excluding hydrogens is 413 g/mol. The number of rotatable bonds is 8. The summed E-state index contributed by atoms with van der Waals surface area (Å²) in [5.74, 6) is -2.03. The summed E-state index contributed by atoms with van der Waals surface area (Å²) in [7, 11) is 0. The molecular formula is C20H19ClFN5O3. The number of carboxylic acids is 1. The number of halogens is 2. The number of carbonyl (C=O) groups excluding carboxylic acids is 1. The molecule has 0 fully saturated rings.